The lowest BCUT2D eigenvalue weighted by Gasteiger charge is -2.12. The summed E-state index contributed by atoms with van der Waals surface area (Å²) in [5.74, 6) is -0.227. The maximum Gasteiger partial charge on any atom is 0.434 e. The molecular weight excluding hydrogens is 405 g/mol. The molecule has 0 saturated carbocycles. The van der Waals surface area contributed by atoms with Gasteiger partial charge in [-0.2, -0.15) is 21.6 Å². The molecule has 0 aliphatic heterocycles. The molecule has 0 radical (unpaired) electrons. The largest absolute Gasteiger partial charge is 0.434 e. The number of nitrogens with zero attached hydrogens (tertiary/aromatic N) is 3. The van der Waals surface area contributed by atoms with Gasteiger partial charge in [0.2, 0.25) is 0 Å². The number of benzene rings is 2. The highest BCUT2D eigenvalue weighted by Gasteiger charge is 2.35. The molecule has 0 fully saturated rings. The van der Waals surface area contributed by atoms with Crippen LogP contribution in [0.2, 0.25) is 0 Å². The zero-order valence-corrected chi connectivity index (χ0v) is 15.4. The number of hydrogen-bond donors (Lipinski definition) is 1. The van der Waals surface area contributed by atoms with E-state index >= 15 is 0 Å². The molecule has 6 nitrogen and oxygen atoms in total. The number of fused-ring (bicyclic) bond motifs is 1. The average molecular weight is 418 g/mol. The first-order chi connectivity index (χ1) is 13.7. The molecule has 0 spiro atoms. The Morgan fingerprint density at radius 1 is 0.966 bits per heavy atom. The summed E-state index contributed by atoms with van der Waals surface area (Å²) in [5.41, 5.74) is -0.346. The lowest BCUT2D eigenvalue weighted by atomic mass is 10.1. The minimum atomic E-state index is -4.75. The highest BCUT2D eigenvalue weighted by molar-refractivity contribution is 7.92. The minimum absolute atomic E-state index is 0.0927. The summed E-state index contributed by atoms with van der Waals surface area (Å²) in [6.45, 7) is 0. The number of pyridine rings is 1. The van der Waals surface area contributed by atoms with Crippen molar-refractivity contribution in [3.63, 3.8) is 0 Å². The standard InChI is InChI=1S/C19H13F3N4O2S/c20-19(21,22)17-12-26(25-29(27,28)15-7-2-1-3-8-15)18(24-17)14-10-13-6-4-5-9-16(13)23-11-14/h1-12,25H. The lowest BCUT2D eigenvalue weighted by molar-refractivity contribution is -0.140. The summed E-state index contributed by atoms with van der Waals surface area (Å²) in [4.78, 5) is 9.87. The quantitative estimate of drug-likeness (QED) is 0.543. The van der Waals surface area contributed by atoms with Crippen LogP contribution in [0.15, 0.2) is 78.0 Å². The van der Waals surface area contributed by atoms with E-state index in [0.29, 0.717) is 17.1 Å². The number of halogens is 3. The first-order valence-electron chi connectivity index (χ1n) is 8.34. The van der Waals surface area contributed by atoms with Crippen LogP contribution in [0.4, 0.5) is 13.2 Å². The Morgan fingerprint density at radius 2 is 1.66 bits per heavy atom. The van der Waals surface area contributed by atoms with E-state index in [1.54, 1.807) is 36.4 Å². The van der Waals surface area contributed by atoms with Crippen molar-refractivity contribution in [3.8, 4) is 11.4 Å². The molecule has 0 aliphatic rings. The maximum atomic E-state index is 13.2. The van der Waals surface area contributed by atoms with Gasteiger partial charge in [0.25, 0.3) is 10.0 Å². The number of imidazole rings is 1. The van der Waals surface area contributed by atoms with Crippen molar-refractivity contribution in [2.75, 3.05) is 4.83 Å². The summed E-state index contributed by atoms with van der Waals surface area (Å²) in [7, 11) is -4.13. The van der Waals surface area contributed by atoms with Gasteiger partial charge in [-0.1, -0.05) is 36.4 Å². The molecule has 4 aromatic rings. The zero-order valence-electron chi connectivity index (χ0n) is 14.6. The van der Waals surface area contributed by atoms with E-state index in [4.69, 9.17) is 0 Å². The molecule has 2 aromatic carbocycles. The van der Waals surface area contributed by atoms with Crippen molar-refractivity contribution in [2.45, 2.75) is 11.1 Å². The fourth-order valence-corrected chi connectivity index (χ4v) is 3.78. The molecule has 148 valence electrons. The molecule has 0 aliphatic carbocycles. The van der Waals surface area contributed by atoms with Crippen molar-refractivity contribution < 1.29 is 21.6 Å². The third kappa shape index (κ3) is 3.79. The van der Waals surface area contributed by atoms with Gasteiger partial charge in [0.15, 0.2) is 11.5 Å². The van der Waals surface area contributed by atoms with Gasteiger partial charge in [-0.05, 0) is 24.3 Å². The number of nitrogens with one attached hydrogen (secondary N) is 1. The van der Waals surface area contributed by atoms with Crippen LogP contribution < -0.4 is 4.83 Å². The fraction of sp³-hybridized carbons (Fsp3) is 0.0526. The Morgan fingerprint density at radius 3 is 2.38 bits per heavy atom. The Labute approximate surface area is 163 Å². The third-order valence-electron chi connectivity index (χ3n) is 4.12. The highest BCUT2D eigenvalue weighted by atomic mass is 32.2. The van der Waals surface area contributed by atoms with Gasteiger partial charge in [0.1, 0.15) is 0 Å². The molecule has 0 unspecified atom stereocenters. The van der Waals surface area contributed by atoms with Crippen molar-refractivity contribution in [2.24, 2.45) is 0 Å². The lowest BCUT2D eigenvalue weighted by Crippen LogP contribution is -2.23. The van der Waals surface area contributed by atoms with E-state index in [-0.39, 0.29) is 16.3 Å². The van der Waals surface area contributed by atoms with E-state index < -0.39 is 21.9 Å². The molecule has 1 N–H and O–H groups in total. The molecule has 0 amide bonds. The SMILES string of the molecule is O=S(=O)(Nn1cc(C(F)(F)F)nc1-c1cnc2ccccc2c1)c1ccccc1. The van der Waals surface area contributed by atoms with Crippen LogP contribution in [0.1, 0.15) is 5.69 Å². The number of rotatable bonds is 4. The van der Waals surface area contributed by atoms with Crippen LogP contribution in [0, 0.1) is 0 Å². The number of aromatic nitrogens is 3. The second-order valence-corrected chi connectivity index (χ2v) is 7.80. The van der Waals surface area contributed by atoms with Gasteiger partial charge in [-0.15, -0.1) is 0 Å². The van der Waals surface area contributed by atoms with E-state index in [1.807, 2.05) is 0 Å². The number of para-hydroxylation sites is 1. The van der Waals surface area contributed by atoms with Gasteiger partial charge in [0.05, 0.1) is 16.6 Å². The smallest absolute Gasteiger partial charge is 0.255 e. The first kappa shape index (κ1) is 18.9. The molecule has 29 heavy (non-hydrogen) atoms. The van der Waals surface area contributed by atoms with Crippen LogP contribution in [-0.2, 0) is 16.2 Å². The second-order valence-electron chi connectivity index (χ2n) is 6.14. The Kier molecular flexibility index (Phi) is 4.50. The molecule has 10 heteroatoms. The summed E-state index contributed by atoms with van der Waals surface area (Å²) in [5, 5.41) is 0.680. The molecule has 0 atom stereocenters. The number of alkyl halides is 3. The third-order valence-corrected chi connectivity index (χ3v) is 5.45. The normalized spacial score (nSPS) is 12.2. The van der Waals surface area contributed by atoms with Gasteiger partial charge < -0.3 is 0 Å². The Bertz CT molecular complexity index is 1290. The number of hydrogen-bond acceptors (Lipinski definition) is 4. The zero-order chi connectivity index (χ0) is 20.6. The van der Waals surface area contributed by atoms with E-state index in [1.165, 1.54) is 30.5 Å². The minimum Gasteiger partial charge on any atom is -0.255 e. The average Bonchev–Trinajstić information content (AvgIpc) is 3.12. The maximum absolute atomic E-state index is 13.2. The van der Waals surface area contributed by atoms with Crippen molar-refractivity contribution >= 4 is 20.9 Å². The molecule has 2 aromatic heterocycles. The monoisotopic (exact) mass is 418 g/mol. The summed E-state index contributed by atoms with van der Waals surface area (Å²) >= 11 is 0. The predicted molar refractivity (Wildman–Crippen MR) is 101 cm³/mol. The fourth-order valence-electron chi connectivity index (χ4n) is 2.77. The summed E-state index contributed by atoms with van der Waals surface area (Å²) in [6.07, 6.45) is -2.80. The Hall–Kier alpha value is -3.40. The summed E-state index contributed by atoms with van der Waals surface area (Å²) < 4.78 is 65.7. The van der Waals surface area contributed by atoms with E-state index in [2.05, 4.69) is 14.8 Å². The van der Waals surface area contributed by atoms with Crippen LogP contribution in [0.3, 0.4) is 0 Å². The predicted octanol–water partition coefficient (Wildman–Crippen LogP) is 4.05. The Balaban J connectivity index is 1.83. The van der Waals surface area contributed by atoms with Crippen molar-refractivity contribution in [1.82, 2.24) is 14.6 Å². The second kappa shape index (κ2) is 6.89. The van der Waals surface area contributed by atoms with Crippen molar-refractivity contribution in [3.05, 3.63) is 78.8 Å². The van der Waals surface area contributed by atoms with Crippen LogP contribution in [-0.4, -0.2) is 23.1 Å². The topological polar surface area (TPSA) is 76.9 Å². The van der Waals surface area contributed by atoms with Crippen LogP contribution in [0.5, 0.6) is 0 Å². The van der Waals surface area contributed by atoms with Crippen molar-refractivity contribution in [1.29, 1.82) is 0 Å². The highest BCUT2D eigenvalue weighted by Crippen LogP contribution is 2.31. The molecule has 4 rings (SSSR count). The van der Waals surface area contributed by atoms with Gasteiger partial charge in [0, 0.05) is 17.1 Å². The number of sulfonamides is 1. The first-order valence-corrected chi connectivity index (χ1v) is 9.82. The van der Waals surface area contributed by atoms with Gasteiger partial charge in [-0.3, -0.25) is 4.98 Å². The summed E-state index contributed by atoms with van der Waals surface area (Å²) in [6, 6.07) is 16.0. The van der Waals surface area contributed by atoms with E-state index in [9.17, 15) is 21.6 Å². The van der Waals surface area contributed by atoms with Gasteiger partial charge >= 0.3 is 6.18 Å². The molecule has 2 heterocycles. The van der Waals surface area contributed by atoms with E-state index in [0.717, 1.165) is 4.68 Å². The van der Waals surface area contributed by atoms with Crippen LogP contribution in [0.25, 0.3) is 22.3 Å². The van der Waals surface area contributed by atoms with Gasteiger partial charge in [-0.25, -0.2) is 14.5 Å². The molecule has 0 saturated heterocycles. The molecular formula is C19H13F3N4O2S. The van der Waals surface area contributed by atoms with Crippen LogP contribution >= 0.6 is 0 Å². The molecule has 0 bridgehead atoms.